The molecule has 1 unspecified atom stereocenters. The van der Waals surface area contributed by atoms with Crippen LogP contribution in [0.5, 0.6) is 0 Å². The third-order valence-corrected chi connectivity index (χ3v) is 5.00. The number of hydrogen-bond acceptors (Lipinski definition) is 4. The highest BCUT2D eigenvalue weighted by atomic mass is 32.2. The van der Waals surface area contributed by atoms with Crippen LogP contribution in [0.4, 0.5) is 5.69 Å². The molecule has 20 heavy (non-hydrogen) atoms. The van der Waals surface area contributed by atoms with Crippen LogP contribution in [0.2, 0.25) is 0 Å². The highest BCUT2D eigenvalue weighted by molar-refractivity contribution is 7.89. The van der Waals surface area contributed by atoms with Gasteiger partial charge in [0.05, 0.1) is 4.90 Å². The van der Waals surface area contributed by atoms with Crippen molar-refractivity contribution in [1.29, 1.82) is 0 Å². The second kappa shape index (κ2) is 6.11. The molecule has 3 N–H and O–H groups in total. The number of sulfonamides is 1. The maximum Gasteiger partial charge on any atom is 0.240 e. The van der Waals surface area contributed by atoms with Gasteiger partial charge in [0.2, 0.25) is 10.0 Å². The zero-order valence-corrected chi connectivity index (χ0v) is 12.9. The van der Waals surface area contributed by atoms with E-state index in [0.717, 1.165) is 31.6 Å². The van der Waals surface area contributed by atoms with Crippen molar-refractivity contribution < 1.29 is 8.42 Å². The summed E-state index contributed by atoms with van der Waals surface area (Å²) < 4.78 is 26.5. The van der Waals surface area contributed by atoms with E-state index in [9.17, 15) is 8.42 Å². The molecule has 1 aliphatic heterocycles. The van der Waals surface area contributed by atoms with Gasteiger partial charge in [-0.2, -0.15) is 0 Å². The first-order valence-electron chi connectivity index (χ1n) is 7.04. The molecule has 0 amide bonds. The predicted molar refractivity (Wildman–Crippen MR) is 81.4 cm³/mol. The molecule has 0 aliphatic carbocycles. The van der Waals surface area contributed by atoms with E-state index in [-0.39, 0.29) is 5.54 Å². The van der Waals surface area contributed by atoms with Gasteiger partial charge < -0.3 is 10.6 Å². The first-order chi connectivity index (χ1) is 9.45. The average molecular weight is 297 g/mol. The molecule has 112 valence electrons. The second-order valence-electron chi connectivity index (χ2n) is 5.53. The number of rotatable bonds is 6. The maximum atomic E-state index is 12.0. The van der Waals surface area contributed by atoms with Crippen LogP contribution in [0.25, 0.3) is 0 Å². The maximum absolute atomic E-state index is 12.0. The third-order valence-electron chi connectivity index (χ3n) is 3.52. The number of anilines is 1. The second-order valence-corrected chi connectivity index (χ2v) is 7.30. The Balaban J connectivity index is 2.06. The van der Waals surface area contributed by atoms with Crippen LogP contribution in [0.1, 0.15) is 26.7 Å². The minimum atomic E-state index is -3.37. The van der Waals surface area contributed by atoms with Crippen LogP contribution in [-0.2, 0) is 10.0 Å². The Morgan fingerprint density at radius 3 is 2.55 bits per heavy atom. The van der Waals surface area contributed by atoms with Crippen LogP contribution in [0.15, 0.2) is 29.2 Å². The number of nitrogens with one attached hydrogen (secondary N) is 3. The monoisotopic (exact) mass is 297 g/mol. The molecule has 1 heterocycles. The minimum absolute atomic E-state index is 0.0425. The van der Waals surface area contributed by atoms with Crippen LogP contribution >= 0.6 is 0 Å². The van der Waals surface area contributed by atoms with Gasteiger partial charge in [-0.3, -0.25) is 0 Å². The van der Waals surface area contributed by atoms with Crippen molar-refractivity contribution in [1.82, 2.24) is 10.0 Å². The van der Waals surface area contributed by atoms with Crippen molar-refractivity contribution in [3.05, 3.63) is 24.3 Å². The van der Waals surface area contributed by atoms with Crippen molar-refractivity contribution in [2.24, 2.45) is 0 Å². The van der Waals surface area contributed by atoms with Crippen molar-refractivity contribution in [3.63, 3.8) is 0 Å². The van der Waals surface area contributed by atoms with E-state index in [4.69, 9.17) is 0 Å². The molecular weight excluding hydrogens is 274 g/mol. The van der Waals surface area contributed by atoms with E-state index >= 15 is 0 Å². The fourth-order valence-corrected chi connectivity index (χ4v) is 3.44. The molecule has 0 spiro atoms. The van der Waals surface area contributed by atoms with Gasteiger partial charge in [-0.15, -0.1) is 0 Å². The highest BCUT2D eigenvalue weighted by Crippen LogP contribution is 2.22. The van der Waals surface area contributed by atoms with Gasteiger partial charge in [0.25, 0.3) is 0 Å². The van der Waals surface area contributed by atoms with Gasteiger partial charge in [-0.05, 0) is 50.6 Å². The molecule has 0 radical (unpaired) electrons. The standard InChI is InChI=1S/C14H23N3O2S/c1-3-9-16-20(18,19)13-6-4-12(5-7-13)17-14(2)8-10-15-11-14/h4-7,15-17H,3,8-11H2,1-2H3. The molecule has 2 rings (SSSR count). The van der Waals surface area contributed by atoms with E-state index < -0.39 is 10.0 Å². The Morgan fingerprint density at radius 1 is 1.30 bits per heavy atom. The van der Waals surface area contributed by atoms with Crippen LogP contribution in [0.3, 0.4) is 0 Å². The topological polar surface area (TPSA) is 70.2 Å². The quantitative estimate of drug-likeness (QED) is 0.745. The van der Waals surface area contributed by atoms with Crippen LogP contribution in [-0.4, -0.2) is 33.6 Å². The first kappa shape index (κ1) is 15.3. The van der Waals surface area contributed by atoms with E-state index in [2.05, 4.69) is 22.3 Å². The fraction of sp³-hybridized carbons (Fsp3) is 0.571. The van der Waals surface area contributed by atoms with Gasteiger partial charge in [0, 0.05) is 24.3 Å². The first-order valence-corrected chi connectivity index (χ1v) is 8.52. The van der Waals surface area contributed by atoms with E-state index in [0.29, 0.717) is 11.4 Å². The van der Waals surface area contributed by atoms with Gasteiger partial charge in [-0.25, -0.2) is 13.1 Å². The Bertz CT molecular complexity index is 534. The zero-order valence-electron chi connectivity index (χ0n) is 12.1. The van der Waals surface area contributed by atoms with Crippen molar-refractivity contribution >= 4 is 15.7 Å². The lowest BCUT2D eigenvalue weighted by atomic mass is 10.0. The molecule has 0 aromatic heterocycles. The normalized spacial score (nSPS) is 22.9. The van der Waals surface area contributed by atoms with Crippen molar-refractivity contribution in [2.75, 3.05) is 25.0 Å². The van der Waals surface area contributed by atoms with Gasteiger partial charge in [0.15, 0.2) is 0 Å². The fourth-order valence-electron chi connectivity index (χ4n) is 2.31. The summed E-state index contributed by atoms with van der Waals surface area (Å²) in [5, 5.41) is 6.78. The molecule has 1 aromatic rings. The molecule has 1 fully saturated rings. The lowest BCUT2D eigenvalue weighted by Crippen LogP contribution is -2.36. The molecule has 5 nitrogen and oxygen atoms in total. The van der Waals surface area contributed by atoms with E-state index in [1.165, 1.54) is 0 Å². The molecular formula is C14H23N3O2S. The Labute approximate surface area is 121 Å². The summed E-state index contributed by atoms with van der Waals surface area (Å²) in [4.78, 5) is 0.311. The molecule has 1 atom stereocenters. The molecule has 1 aromatic carbocycles. The largest absolute Gasteiger partial charge is 0.379 e. The lowest BCUT2D eigenvalue weighted by molar-refractivity contribution is 0.567. The summed E-state index contributed by atoms with van der Waals surface area (Å²) in [7, 11) is -3.37. The molecule has 0 saturated carbocycles. The van der Waals surface area contributed by atoms with Gasteiger partial charge in [0.1, 0.15) is 0 Å². The van der Waals surface area contributed by atoms with Crippen molar-refractivity contribution in [2.45, 2.75) is 37.1 Å². The lowest BCUT2D eigenvalue weighted by Gasteiger charge is -2.26. The number of benzene rings is 1. The summed E-state index contributed by atoms with van der Waals surface area (Å²) in [6, 6.07) is 6.94. The molecule has 1 aliphatic rings. The van der Waals surface area contributed by atoms with Crippen LogP contribution in [0, 0.1) is 0 Å². The minimum Gasteiger partial charge on any atom is -0.379 e. The predicted octanol–water partition coefficient (Wildman–Crippen LogP) is 1.54. The summed E-state index contributed by atoms with van der Waals surface area (Å²) in [5.74, 6) is 0. The average Bonchev–Trinajstić information content (AvgIpc) is 2.83. The number of hydrogen-bond donors (Lipinski definition) is 3. The Kier molecular flexibility index (Phi) is 4.67. The Morgan fingerprint density at radius 2 is 2.00 bits per heavy atom. The summed E-state index contributed by atoms with van der Waals surface area (Å²) in [5.41, 5.74) is 0.992. The van der Waals surface area contributed by atoms with Crippen molar-refractivity contribution in [3.8, 4) is 0 Å². The van der Waals surface area contributed by atoms with E-state index in [1.54, 1.807) is 12.1 Å². The SMILES string of the molecule is CCCNS(=O)(=O)c1ccc(NC2(C)CCNC2)cc1. The Hall–Kier alpha value is -1.11. The summed E-state index contributed by atoms with van der Waals surface area (Å²) in [6.07, 6.45) is 1.84. The molecule has 1 saturated heterocycles. The van der Waals surface area contributed by atoms with E-state index in [1.807, 2.05) is 19.1 Å². The summed E-state index contributed by atoms with van der Waals surface area (Å²) in [6.45, 7) is 6.50. The van der Waals surface area contributed by atoms with Gasteiger partial charge >= 0.3 is 0 Å². The zero-order chi connectivity index (χ0) is 14.6. The summed E-state index contributed by atoms with van der Waals surface area (Å²) >= 11 is 0. The molecule has 0 bridgehead atoms. The highest BCUT2D eigenvalue weighted by Gasteiger charge is 2.28. The molecule has 6 heteroatoms. The van der Waals surface area contributed by atoms with Crippen LogP contribution < -0.4 is 15.4 Å². The third kappa shape index (κ3) is 3.71. The van der Waals surface area contributed by atoms with Gasteiger partial charge in [-0.1, -0.05) is 6.92 Å². The smallest absolute Gasteiger partial charge is 0.240 e.